The molecule has 0 amide bonds. The van der Waals surface area contributed by atoms with Gasteiger partial charge in [0, 0.05) is 6.54 Å². The summed E-state index contributed by atoms with van der Waals surface area (Å²) in [6.07, 6.45) is 0.825. The molecule has 0 fully saturated rings. The standard InChI is InChI=1S/C13H15N3O2/c1-9(8-14)16(2)6-5-10-3-4-12-11(7-10)15-13(17)18-12/h3-4,7,9H,5-6H2,1-2H3,(H,15,17). The molecule has 5 nitrogen and oxygen atoms in total. The number of H-pyrrole nitrogens is 1. The number of rotatable bonds is 4. The van der Waals surface area contributed by atoms with Crippen molar-refractivity contribution in [2.75, 3.05) is 13.6 Å². The van der Waals surface area contributed by atoms with Crippen LogP contribution < -0.4 is 5.76 Å². The van der Waals surface area contributed by atoms with Gasteiger partial charge in [-0.1, -0.05) is 6.07 Å². The smallest absolute Gasteiger partial charge is 0.408 e. The molecule has 0 radical (unpaired) electrons. The monoisotopic (exact) mass is 245 g/mol. The molecular formula is C13H15N3O2. The second-order valence-electron chi connectivity index (χ2n) is 4.38. The number of aromatic amines is 1. The lowest BCUT2D eigenvalue weighted by Gasteiger charge is -2.18. The van der Waals surface area contributed by atoms with E-state index in [0.717, 1.165) is 18.5 Å². The first-order valence-corrected chi connectivity index (χ1v) is 5.82. The van der Waals surface area contributed by atoms with E-state index in [-0.39, 0.29) is 6.04 Å². The summed E-state index contributed by atoms with van der Waals surface area (Å²) >= 11 is 0. The van der Waals surface area contributed by atoms with Crippen LogP contribution >= 0.6 is 0 Å². The minimum atomic E-state index is -0.433. The summed E-state index contributed by atoms with van der Waals surface area (Å²) in [5.41, 5.74) is 2.40. The summed E-state index contributed by atoms with van der Waals surface area (Å²) in [7, 11) is 1.92. The summed E-state index contributed by atoms with van der Waals surface area (Å²) in [5.74, 6) is -0.433. The Kier molecular flexibility index (Phi) is 3.49. The predicted octanol–water partition coefficient (Wildman–Crippen LogP) is 1.51. The van der Waals surface area contributed by atoms with Gasteiger partial charge in [-0.15, -0.1) is 0 Å². The van der Waals surface area contributed by atoms with Crippen LogP contribution in [0, 0.1) is 11.3 Å². The zero-order valence-electron chi connectivity index (χ0n) is 10.4. The minimum absolute atomic E-state index is 0.0949. The number of nitriles is 1. The van der Waals surface area contributed by atoms with E-state index in [0.29, 0.717) is 11.1 Å². The molecule has 0 bridgehead atoms. The van der Waals surface area contributed by atoms with Crippen molar-refractivity contribution >= 4 is 11.1 Å². The maximum Gasteiger partial charge on any atom is 0.417 e. The number of nitrogens with one attached hydrogen (secondary N) is 1. The molecule has 0 saturated carbocycles. The lowest BCUT2D eigenvalue weighted by atomic mass is 10.1. The van der Waals surface area contributed by atoms with Crippen LogP contribution in [-0.4, -0.2) is 29.5 Å². The van der Waals surface area contributed by atoms with Gasteiger partial charge >= 0.3 is 5.76 Å². The fourth-order valence-corrected chi connectivity index (χ4v) is 1.75. The van der Waals surface area contributed by atoms with E-state index >= 15 is 0 Å². The molecule has 18 heavy (non-hydrogen) atoms. The highest BCUT2D eigenvalue weighted by molar-refractivity contribution is 5.72. The molecule has 0 aliphatic heterocycles. The Bertz CT molecular complexity index is 635. The molecule has 2 rings (SSSR count). The van der Waals surface area contributed by atoms with E-state index in [2.05, 4.69) is 11.1 Å². The predicted molar refractivity (Wildman–Crippen MR) is 68.2 cm³/mol. The molecule has 2 aromatic rings. The largest absolute Gasteiger partial charge is 0.417 e. The van der Waals surface area contributed by atoms with Crippen molar-refractivity contribution in [3.05, 3.63) is 34.3 Å². The van der Waals surface area contributed by atoms with Crippen LogP contribution in [0.1, 0.15) is 12.5 Å². The van der Waals surface area contributed by atoms with Gasteiger partial charge in [-0.3, -0.25) is 9.88 Å². The molecule has 94 valence electrons. The number of fused-ring (bicyclic) bond motifs is 1. The van der Waals surface area contributed by atoms with Gasteiger partial charge in [0.25, 0.3) is 0 Å². The van der Waals surface area contributed by atoms with Crippen molar-refractivity contribution in [3.8, 4) is 6.07 Å². The quantitative estimate of drug-likeness (QED) is 0.886. The van der Waals surface area contributed by atoms with Crippen molar-refractivity contribution in [2.45, 2.75) is 19.4 Å². The molecule has 0 aliphatic rings. The normalized spacial score (nSPS) is 12.8. The second-order valence-corrected chi connectivity index (χ2v) is 4.38. The third-order valence-corrected chi connectivity index (χ3v) is 3.08. The van der Waals surface area contributed by atoms with Crippen molar-refractivity contribution in [3.63, 3.8) is 0 Å². The fourth-order valence-electron chi connectivity index (χ4n) is 1.75. The Morgan fingerprint density at radius 2 is 2.33 bits per heavy atom. The summed E-state index contributed by atoms with van der Waals surface area (Å²) in [4.78, 5) is 15.6. The van der Waals surface area contributed by atoms with Crippen LogP contribution in [0.15, 0.2) is 27.4 Å². The zero-order valence-corrected chi connectivity index (χ0v) is 10.4. The first-order valence-electron chi connectivity index (χ1n) is 5.82. The highest BCUT2D eigenvalue weighted by Crippen LogP contribution is 2.13. The maximum atomic E-state index is 11.0. The van der Waals surface area contributed by atoms with Gasteiger partial charge in [0.05, 0.1) is 17.6 Å². The highest BCUT2D eigenvalue weighted by Gasteiger charge is 2.08. The van der Waals surface area contributed by atoms with E-state index in [1.54, 1.807) is 6.07 Å². The molecule has 1 aromatic carbocycles. The van der Waals surface area contributed by atoms with Gasteiger partial charge in [0.1, 0.15) is 0 Å². The second kappa shape index (κ2) is 5.07. The molecule has 0 aliphatic carbocycles. The third-order valence-electron chi connectivity index (χ3n) is 3.08. The van der Waals surface area contributed by atoms with Gasteiger partial charge in [-0.05, 0) is 38.1 Å². The molecule has 5 heteroatoms. The summed E-state index contributed by atoms with van der Waals surface area (Å²) in [6.45, 7) is 2.67. The van der Waals surface area contributed by atoms with E-state index in [4.69, 9.17) is 9.68 Å². The van der Waals surface area contributed by atoms with Crippen LogP contribution in [0.4, 0.5) is 0 Å². The van der Waals surface area contributed by atoms with Crippen molar-refractivity contribution in [1.82, 2.24) is 9.88 Å². The molecule has 1 N–H and O–H groups in total. The Hall–Kier alpha value is -2.06. The minimum Gasteiger partial charge on any atom is -0.408 e. The SMILES string of the molecule is CC(C#N)N(C)CCc1ccc2oc(=O)[nH]c2c1. The number of likely N-dealkylation sites (N-methyl/N-ethyl adjacent to an activating group) is 1. The Labute approximate surface area is 105 Å². The lowest BCUT2D eigenvalue weighted by Crippen LogP contribution is -2.29. The van der Waals surface area contributed by atoms with Gasteiger partial charge < -0.3 is 4.42 Å². The molecule has 1 unspecified atom stereocenters. The Morgan fingerprint density at radius 1 is 1.56 bits per heavy atom. The number of benzene rings is 1. The molecule has 1 aromatic heterocycles. The van der Waals surface area contributed by atoms with Crippen LogP contribution in [0.3, 0.4) is 0 Å². The van der Waals surface area contributed by atoms with Crippen LogP contribution in [0.2, 0.25) is 0 Å². The van der Waals surface area contributed by atoms with Gasteiger partial charge in [0.2, 0.25) is 0 Å². The number of hydrogen-bond acceptors (Lipinski definition) is 4. The molecule has 0 spiro atoms. The number of aromatic nitrogens is 1. The first-order chi connectivity index (χ1) is 8.60. The first kappa shape index (κ1) is 12.4. The summed E-state index contributed by atoms with van der Waals surface area (Å²) in [5, 5.41) is 8.80. The van der Waals surface area contributed by atoms with Crippen molar-refractivity contribution in [2.24, 2.45) is 0 Å². The Balaban J connectivity index is 2.08. The molecular weight excluding hydrogens is 230 g/mol. The van der Waals surface area contributed by atoms with Crippen LogP contribution in [-0.2, 0) is 6.42 Å². The Morgan fingerprint density at radius 3 is 3.06 bits per heavy atom. The van der Waals surface area contributed by atoms with Crippen molar-refractivity contribution in [1.29, 1.82) is 5.26 Å². The van der Waals surface area contributed by atoms with Crippen LogP contribution in [0.25, 0.3) is 11.1 Å². The van der Waals surface area contributed by atoms with Gasteiger partial charge in [-0.2, -0.15) is 5.26 Å². The van der Waals surface area contributed by atoms with Crippen molar-refractivity contribution < 1.29 is 4.42 Å². The number of hydrogen-bond donors (Lipinski definition) is 1. The van der Waals surface area contributed by atoms with Gasteiger partial charge in [0.15, 0.2) is 5.58 Å². The molecule has 1 heterocycles. The molecule has 1 atom stereocenters. The van der Waals surface area contributed by atoms with Gasteiger partial charge in [-0.25, -0.2) is 4.79 Å². The van der Waals surface area contributed by atoms with E-state index in [1.807, 2.05) is 31.0 Å². The van der Waals surface area contributed by atoms with E-state index in [9.17, 15) is 4.79 Å². The lowest BCUT2D eigenvalue weighted by molar-refractivity contribution is 0.306. The van der Waals surface area contributed by atoms with Crippen LogP contribution in [0.5, 0.6) is 0 Å². The average molecular weight is 245 g/mol. The maximum absolute atomic E-state index is 11.0. The number of nitrogens with zero attached hydrogens (tertiary/aromatic N) is 2. The fraction of sp³-hybridized carbons (Fsp3) is 0.385. The topological polar surface area (TPSA) is 73.0 Å². The summed E-state index contributed by atoms with van der Waals surface area (Å²) < 4.78 is 4.94. The van der Waals surface area contributed by atoms with E-state index in [1.165, 1.54) is 0 Å². The van der Waals surface area contributed by atoms with E-state index < -0.39 is 5.76 Å². The number of oxazole rings is 1. The summed E-state index contributed by atoms with van der Waals surface area (Å²) in [6, 6.07) is 7.73. The third kappa shape index (κ3) is 2.60. The molecule has 0 saturated heterocycles. The zero-order chi connectivity index (χ0) is 13.1. The average Bonchev–Trinajstić information content (AvgIpc) is 2.74. The highest BCUT2D eigenvalue weighted by atomic mass is 16.4.